The van der Waals surface area contributed by atoms with Gasteiger partial charge in [-0.3, -0.25) is 0 Å². The molecule has 2 aliphatic carbocycles. The summed E-state index contributed by atoms with van der Waals surface area (Å²) in [4.78, 5) is -0.858. The molecule has 2 aliphatic rings. The number of rotatable bonds is 6. The highest BCUT2D eigenvalue weighted by atomic mass is 80.0. The first kappa shape index (κ1) is 52.6. The van der Waals surface area contributed by atoms with Crippen molar-refractivity contribution in [1.29, 1.82) is 0 Å². The summed E-state index contributed by atoms with van der Waals surface area (Å²) in [6.45, 7) is 0. The second kappa shape index (κ2) is 18.2. The third-order valence-corrected chi connectivity index (χ3v) is 52.8. The lowest BCUT2D eigenvalue weighted by Gasteiger charge is -2.63. The van der Waals surface area contributed by atoms with Crippen LogP contribution in [0.4, 0.5) is 0 Å². The summed E-state index contributed by atoms with van der Waals surface area (Å²) in [5.41, 5.74) is 5.53. The number of halogens is 20. The van der Waals surface area contributed by atoms with Crippen LogP contribution in [0.2, 0.25) is 0 Å². The van der Waals surface area contributed by atoms with Crippen LogP contribution in [-0.4, -0.2) is 35.5 Å². The van der Waals surface area contributed by atoms with Gasteiger partial charge in [-0.25, -0.2) is 0 Å². The maximum Gasteiger partial charge on any atom is 0.134 e. The topological polar surface area (TPSA) is 9.23 Å². The summed E-state index contributed by atoms with van der Waals surface area (Å²) in [5.74, 6) is 1.18. The van der Waals surface area contributed by atoms with Crippen LogP contribution in [0.25, 0.3) is 22.3 Å². The predicted molar refractivity (Wildman–Crippen MR) is 315 cm³/mol. The molecule has 4 aromatic rings. The van der Waals surface area contributed by atoms with Crippen LogP contribution < -0.4 is 4.74 Å². The normalized spacial score (nSPS) is 30.0. The van der Waals surface area contributed by atoms with Crippen molar-refractivity contribution >= 4 is 319 Å². The minimum atomic E-state index is -1.04. The Bertz CT molecular complexity index is 2020. The van der Waals surface area contributed by atoms with Crippen LogP contribution in [-0.2, 0) is 8.65 Å². The van der Waals surface area contributed by atoms with Gasteiger partial charge in [0.2, 0.25) is 0 Å². The van der Waals surface area contributed by atoms with Crippen molar-refractivity contribution in [3.05, 3.63) is 108 Å². The molecular weight excluding hydrogens is 2050 g/mol. The van der Waals surface area contributed by atoms with Crippen molar-refractivity contribution in [2.75, 3.05) is 0 Å². The van der Waals surface area contributed by atoms with E-state index in [-0.39, 0.29) is 0 Å². The second-order valence-corrected chi connectivity index (χ2v) is 45.2. The molecule has 2 fully saturated rings. The van der Waals surface area contributed by atoms with Crippen molar-refractivity contribution in [2.24, 2.45) is 0 Å². The Morgan fingerprint density at radius 2 is 0.632 bits per heavy atom. The first-order chi connectivity index (χ1) is 26.0. The molecule has 57 heavy (non-hydrogen) atoms. The Hall–Kier alpha value is 6.28. The molecule has 4 aromatic carbocycles. The average Bonchev–Trinajstić information content (AvgIpc) is 3.15. The van der Waals surface area contributed by atoms with Crippen molar-refractivity contribution in [1.82, 2.24) is 0 Å². The summed E-state index contributed by atoms with van der Waals surface area (Å²) >= 11 is 82.3. The molecular formula is C36H18Br20O. The molecule has 4 unspecified atom stereocenters. The summed E-state index contributed by atoms with van der Waals surface area (Å²) < 4.78 is -1.99. The molecule has 0 spiro atoms. The van der Waals surface area contributed by atoms with E-state index in [4.69, 9.17) is 4.74 Å². The molecule has 0 heterocycles. The third kappa shape index (κ3) is 7.80. The number of hydrogen-bond acceptors (Lipinski definition) is 1. The molecule has 1 nitrogen and oxygen atoms in total. The largest absolute Gasteiger partial charge is 0.457 e. The lowest BCUT2D eigenvalue weighted by Crippen LogP contribution is -2.73. The molecule has 6 rings (SSSR count). The molecule has 0 aliphatic heterocycles. The number of alkyl halides is 20. The maximum absolute atomic E-state index is 7.51. The van der Waals surface area contributed by atoms with Gasteiger partial charge < -0.3 is 4.74 Å². The Balaban J connectivity index is 1.74. The quantitative estimate of drug-likeness (QED) is 0.175. The number of hydrogen-bond donors (Lipinski definition) is 0. The minimum absolute atomic E-state index is 0.429. The van der Waals surface area contributed by atoms with Gasteiger partial charge >= 0.3 is 0 Å². The van der Waals surface area contributed by atoms with Gasteiger partial charge in [-0.1, -0.05) is 404 Å². The minimum Gasteiger partial charge on any atom is -0.457 e. The molecule has 0 radical (unpaired) electrons. The molecule has 21 heteroatoms. The highest BCUT2D eigenvalue weighted by molar-refractivity contribution is 9.36. The van der Waals surface area contributed by atoms with Gasteiger partial charge in [0.1, 0.15) is 37.4 Å². The summed E-state index contributed by atoms with van der Waals surface area (Å²) in [5, 5.41) is 0. The molecule has 2 saturated carbocycles. The van der Waals surface area contributed by atoms with Gasteiger partial charge in [0.05, 0.1) is 18.3 Å². The van der Waals surface area contributed by atoms with Crippen LogP contribution in [0, 0.1) is 0 Å². The van der Waals surface area contributed by atoms with Crippen molar-refractivity contribution in [2.45, 2.75) is 44.2 Å². The smallest absolute Gasteiger partial charge is 0.134 e. The molecule has 0 saturated heterocycles. The van der Waals surface area contributed by atoms with Crippen LogP contribution in [0.3, 0.4) is 0 Å². The van der Waals surface area contributed by atoms with E-state index < -0.39 is 44.2 Å². The van der Waals surface area contributed by atoms with E-state index in [1.54, 1.807) is 0 Å². The zero-order valence-corrected chi connectivity index (χ0v) is 59.1. The van der Waals surface area contributed by atoms with E-state index in [0.29, 0.717) is 11.5 Å². The Kier molecular flexibility index (Phi) is 16.8. The predicted octanol–water partition coefficient (Wildman–Crippen LogP) is 21.4. The second-order valence-electron chi connectivity index (χ2n) is 13.0. The average molecular weight is 2060 g/mol. The molecule has 0 aromatic heterocycles. The van der Waals surface area contributed by atoms with E-state index in [0.717, 1.165) is 33.4 Å². The van der Waals surface area contributed by atoms with Gasteiger partial charge in [-0.05, 0) is 34.4 Å². The zero-order valence-electron chi connectivity index (χ0n) is 27.4. The monoisotopic (exact) mass is 2040 g/mol. The summed E-state index contributed by atoms with van der Waals surface area (Å²) in [6, 6.07) is 32.8. The van der Waals surface area contributed by atoms with Crippen LogP contribution in [0.1, 0.15) is 11.1 Å². The van der Waals surface area contributed by atoms with Crippen LogP contribution >= 0.6 is 319 Å². The summed E-state index contributed by atoms with van der Waals surface area (Å²) in [7, 11) is 0. The fraction of sp³-hybridized carbons (Fsp3) is 0.333. The molecule has 308 valence electrons. The standard InChI is InChI=1S/C36H18Br20O/c37-25-27(39,31(45,46)35(53,54)33(49,50)29(25,41)42)23-19(17-9-3-1-4-10-17)13-7-15-21(23)57-22-16-8-14-20(18-11-5-2-6-12-18)24(22)28(40)26(38)30(43,44)34(51,52)36(55,56)32(28,47)48/h1-16,25-26H. The fourth-order valence-electron chi connectivity index (χ4n) is 6.79. The molecule has 4 atom stereocenters. The Labute approximate surface area is 499 Å². The van der Waals surface area contributed by atoms with Crippen molar-refractivity contribution in [3.63, 3.8) is 0 Å². The van der Waals surface area contributed by atoms with E-state index >= 15 is 0 Å². The highest BCUT2D eigenvalue weighted by Gasteiger charge is 2.82. The van der Waals surface area contributed by atoms with Gasteiger partial charge in [0.25, 0.3) is 0 Å². The Morgan fingerprint density at radius 3 is 0.930 bits per heavy atom. The first-order valence-corrected chi connectivity index (χ1v) is 31.8. The van der Waals surface area contributed by atoms with Crippen LogP contribution in [0.5, 0.6) is 11.5 Å². The van der Waals surface area contributed by atoms with Crippen molar-refractivity contribution in [3.8, 4) is 33.8 Å². The maximum atomic E-state index is 7.51. The van der Waals surface area contributed by atoms with E-state index in [9.17, 15) is 0 Å². The molecule has 0 N–H and O–H groups in total. The Morgan fingerprint density at radius 1 is 0.333 bits per heavy atom. The lowest BCUT2D eigenvalue weighted by molar-refractivity contribution is 0.393. The van der Waals surface area contributed by atoms with E-state index in [2.05, 4.69) is 355 Å². The SMILES string of the molecule is BrC1C(Br)(Br)C(Br)(Br)C(Br)(Br)C(Br)(Br)C1(Br)c1c(Oc2cccc(-c3ccccc3)c2C2(Br)C(Br)C(Br)(Br)C(Br)(Br)C(Br)(Br)C2(Br)Br)cccc1-c1ccccc1. The van der Waals surface area contributed by atoms with Gasteiger partial charge in [0.15, 0.2) is 0 Å². The van der Waals surface area contributed by atoms with Crippen molar-refractivity contribution < 1.29 is 4.74 Å². The third-order valence-electron chi connectivity index (χ3n) is 9.83. The summed E-state index contributed by atoms with van der Waals surface area (Å²) in [6.07, 6.45) is 0. The lowest BCUT2D eigenvalue weighted by atomic mass is 9.78. The fourth-order valence-corrected chi connectivity index (χ4v) is 29.8. The molecule has 0 amide bonds. The number of benzene rings is 4. The van der Waals surface area contributed by atoms with E-state index in [1.807, 2.05) is 60.7 Å². The zero-order chi connectivity index (χ0) is 42.8. The van der Waals surface area contributed by atoms with Gasteiger partial charge in [-0.2, -0.15) is 0 Å². The van der Waals surface area contributed by atoms with Crippen LogP contribution in [0.15, 0.2) is 97.1 Å². The van der Waals surface area contributed by atoms with Gasteiger partial charge in [-0.15, -0.1) is 0 Å². The van der Waals surface area contributed by atoms with E-state index in [1.165, 1.54) is 0 Å². The molecule has 0 bridgehead atoms. The van der Waals surface area contributed by atoms with Gasteiger partial charge in [0, 0.05) is 11.1 Å². The first-order valence-electron chi connectivity index (χ1n) is 15.7. The highest BCUT2D eigenvalue weighted by Crippen LogP contribution is 2.82. The number of ether oxygens (including phenoxy) is 1.